The Morgan fingerprint density at radius 3 is 2.43 bits per heavy atom. The van der Waals surface area contributed by atoms with Gasteiger partial charge in [-0.15, -0.1) is 0 Å². The number of hydrogen-bond acceptors (Lipinski definition) is 4. The summed E-state index contributed by atoms with van der Waals surface area (Å²) in [5, 5.41) is 8.80. The van der Waals surface area contributed by atoms with Crippen LogP contribution in [0.1, 0.15) is 10.4 Å². The van der Waals surface area contributed by atoms with Gasteiger partial charge in [0.2, 0.25) is 0 Å². The molecule has 5 nitrogen and oxygen atoms in total. The Hall–Kier alpha value is -1.67. The second kappa shape index (κ2) is 8.58. The summed E-state index contributed by atoms with van der Waals surface area (Å²) < 4.78 is 29.2. The van der Waals surface area contributed by atoms with Gasteiger partial charge in [-0.2, -0.15) is 8.78 Å². The van der Waals surface area contributed by atoms with E-state index < -0.39 is 24.2 Å². The summed E-state index contributed by atoms with van der Waals surface area (Å²) in [5.41, 5.74) is 0.242. The number of carbonyl (C=O) groups excluding carboxylic acids is 1. The number of carboxylic acid groups (broad SMARTS) is 1. The van der Waals surface area contributed by atoms with Crippen LogP contribution >= 0.6 is 11.8 Å². The van der Waals surface area contributed by atoms with Crippen LogP contribution in [0.5, 0.6) is 0 Å². The SMILES string of the molecule is COCCN(CC(=O)O)C(=O)c1ccc(SC(F)F)cc1. The van der Waals surface area contributed by atoms with Gasteiger partial charge >= 0.3 is 5.97 Å². The van der Waals surface area contributed by atoms with Crippen LogP contribution < -0.4 is 0 Å². The molecule has 0 heterocycles. The molecular formula is C13H15F2NO4S. The maximum Gasteiger partial charge on any atom is 0.323 e. The quantitative estimate of drug-likeness (QED) is 0.744. The fourth-order valence-electron chi connectivity index (χ4n) is 1.58. The lowest BCUT2D eigenvalue weighted by molar-refractivity contribution is -0.137. The predicted octanol–water partition coefficient (Wildman–Crippen LogP) is 2.17. The summed E-state index contributed by atoms with van der Waals surface area (Å²) in [5.74, 6) is -4.15. The Morgan fingerprint density at radius 2 is 1.95 bits per heavy atom. The third-order valence-electron chi connectivity index (χ3n) is 2.51. The summed E-state index contributed by atoms with van der Waals surface area (Å²) in [7, 11) is 1.44. The van der Waals surface area contributed by atoms with Crippen molar-refractivity contribution in [1.82, 2.24) is 4.90 Å². The predicted molar refractivity (Wildman–Crippen MR) is 73.7 cm³/mol. The van der Waals surface area contributed by atoms with Gasteiger partial charge < -0.3 is 14.7 Å². The molecule has 0 saturated carbocycles. The molecule has 0 aliphatic carbocycles. The molecular weight excluding hydrogens is 304 g/mol. The lowest BCUT2D eigenvalue weighted by Crippen LogP contribution is -2.37. The van der Waals surface area contributed by atoms with Crippen molar-refractivity contribution in [3.63, 3.8) is 0 Å². The van der Waals surface area contributed by atoms with E-state index in [-0.39, 0.29) is 18.7 Å². The van der Waals surface area contributed by atoms with Crippen LogP contribution in [0, 0.1) is 0 Å². The molecule has 8 heteroatoms. The molecule has 1 aromatic rings. The van der Waals surface area contributed by atoms with E-state index in [0.717, 1.165) is 4.90 Å². The largest absolute Gasteiger partial charge is 0.480 e. The van der Waals surface area contributed by atoms with Gasteiger partial charge in [0.05, 0.1) is 6.61 Å². The number of hydrogen-bond donors (Lipinski definition) is 1. The van der Waals surface area contributed by atoms with Crippen molar-refractivity contribution in [1.29, 1.82) is 0 Å². The van der Waals surface area contributed by atoms with Crippen LogP contribution in [0.4, 0.5) is 8.78 Å². The van der Waals surface area contributed by atoms with Gasteiger partial charge in [-0.25, -0.2) is 0 Å². The molecule has 0 unspecified atom stereocenters. The lowest BCUT2D eigenvalue weighted by atomic mass is 10.2. The third-order valence-corrected chi connectivity index (χ3v) is 3.23. The number of halogens is 2. The maximum atomic E-state index is 12.2. The Labute approximate surface area is 124 Å². The van der Waals surface area contributed by atoms with E-state index in [1.807, 2.05) is 0 Å². The number of rotatable bonds is 8. The summed E-state index contributed by atoms with van der Waals surface area (Å²) in [6.45, 7) is -0.108. The molecule has 21 heavy (non-hydrogen) atoms. The number of aliphatic carboxylic acids is 1. The number of carbonyl (C=O) groups is 2. The molecule has 0 aliphatic rings. The van der Waals surface area contributed by atoms with Gasteiger partial charge in [0.1, 0.15) is 6.54 Å². The van der Waals surface area contributed by atoms with Crippen LogP contribution in [0.2, 0.25) is 0 Å². The Morgan fingerprint density at radius 1 is 1.33 bits per heavy atom. The number of thioether (sulfide) groups is 1. The number of ether oxygens (including phenoxy) is 1. The first-order valence-corrected chi connectivity index (χ1v) is 6.87. The third kappa shape index (κ3) is 6.09. The topological polar surface area (TPSA) is 66.8 Å². The molecule has 116 valence electrons. The van der Waals surface area contributed by atoms with Crippen LogP contribution in [0.3, 0.4) is 0 Å². The number of amides is 1. The fourth-order valence-corrected chi connectivity index (χ4v) is 2.08. The van der Waals surface area contributed by atoms with Crippen LogP contribution in [-0.2, 0) is 9.53 Å². The minimum atomic E-state index is -2.53. The van der Waals surface area contributed by atoms with Crippen LogP contribution in [-0.4, -0.2) is 54.4 Å². The summed E-state index contributed by atoms with van der Waals surface area (Å²) >= 11 is 0.379. The highest BCUT2D eigenvalue weighted by molar-refractivity contribution is 7.99. The second-order valence-electron chi connectivity index (χ2n) is 4.02. The van der Waals surface area contributed by atoms with E-state index in [4.69, 9.17) is 9.84 Å². The van der Waals surface area contributed by atoms with Gasteiger partial charge in [-0.1, -0.05) is 11.8 Å². The van der Waals surface area contributed by atoms with Gasteiger partial charge in [-0.05, 0) is 24.3 Å². The Balaban J connectivity index is 2.79. The molecule has 0 saturated heterocycles. The second-order valence-corrected chi connectivity index (χ2v) is 5.08. The Kier molecular flexibility index (Phi) is 7.10. The van der Waals surface area contributed by atoms with Gasteiger partial charge in [-0.3, -0.25) is 9.59 Å². The van der Waals surface area contributed by atoms with Crippen LogP contribution in [0.15, 0.2) is 29.2 Å². The van der Waals surface area contributed by atoms with Gasteiger partial charge in [0.15, 0.2) is 0 Å². The van der Waals surface area contributed by atoms with Crippen molar-refractivity contribution in [2.24, 2.45) is 0 Å². The van der Waals surface area contributed by atoms with E-state index in [0.29, 0.717) is 16.7 Å². The maximum absolute atomic E-state index is 12.2. The average molecular weight is 319 g/mol. The zero-order chi connectivity index (χ0) is 15.8. The molecule has 0 spiro atoms. The minimum absolute atomic E-state index is 0.134. The smallest absolute Gasteiger partial charge is 0.323 e. The molecule has 0 atom stereocenters. The molecule has 0 radical (unpaired) electrons. The summed E-state index contributed by atoms with van der Waals surface area (Å²) in [6, 6.07) is 5.60. The highest BCUT2D eigenvalue weighted by Crippen LogP contribution is 2.25. The average Bonchev–Trinajstić information content (AvgIpc) is 2.42. The fraction of sp³-hybridized carbons (Fsp3) is 0.385. The monoisotopic (exact) mass is 319 g/mol. The number of nitrogens with zero attached hydrogens (tertiary/aromatic N) is 1. The lowest BCUT2D eigenvalue weighted by Gasteiger charge is -2.20. The van der Waals surface area contributed by atoms with E-state index in [1.54, 1.807) is 0 Å². The van der Waals surface area contributed by atoms with E-state index in [9.17, 15) is 18.4 Å². The van der Waals surface area contributed by atoms with Crippen molar-refractivity contribution in [2.45, 2.75) is 10.7 Å². The van der Waals surface area contributed by atoms with Gasteiger partial charge in [0.25, 0.3) is 11.7 Å². The van der Waals surface area contributed by atoms with E-state index in [1.165, 1.54) is 31.4 Å². The molecule has 0 fully saturated rings. The summed E-state index contributed by atoms with van der Waals surface area (Å²) in [6.07, 6.45) is 0. The molecule has 0 aliphatic heterocycles. The van der Waals surface area contributed by atoms with Gasteiger partial charge in [0, 0.05) is 24.1 Å². The van der Waals surface area contributed by atoms with Crippen LogP contribution in [0.25, 0.3) is 0 Å². The zero-order valence-electron chi connectivity index (χ0n) is 11.3. The zero-order valence-corrected chi connectivity index (χ0v) is 12.1. The highest BCUT2D eigenvalue weighted by atomic mass is 32.2. The van der Waals surface area contributed by atoms with Crippen molar-refractivity contribution in [2.75, 3.05) is 26.8 Å². The normalized spacial score (nSPS) is 10.7. The number of carboxylic acids is 1. The van der Waals surface area contributed by atoms with Crippen molar-refractivity contribution in [3.05, 3.63) is 29.8 Å². The summed E-state index contributed by atoms with van der Waals surface area (Å²) in [4.78, 5) is 24.4. The number of alkyl halides is 2. The molecule has 1 N–H and O–H groups in total. The molecule has 1 rings (SSSR count). The van der Waals surface area contributed by atoms with Crippen molar-refractivity contribution in [3.8, 4) is 0 Å². The minimum Gasteiger partial charge on any atom is -0.480 e. The molecule has 1 aromatic carbocycles. The highest BCUT2D eigenvalue weighted by Gasteiger charge is 2.18. The van der Waals surface area contributed by atoms with Crippen molar-refractivity contribution < 1.29 is 28.2 Å². The van der Waals surface area contributed by atoms with E-state index >= 15 is 0 Å². The standard InChI is InChI=1S/C13H15F2NO4S/c1-20-7-6-16(8-11(17)18)12(19)9-2-4-10(5-3-9)21-13(14)15/h2-5,13H,6-8H2,1H3,(H,17,18). The first-order chi connectivity index (χ1) is 9.93. The first kappa shape index (κ1) is 17.4. The number of methoxy groups -OCH3 is 1. The molecule has 0 aromatic heterocycles. The first-order valence-electron chi connectivity index (χ1n) is 5.99. The van der Waals surface area contributed by atoms with Crippen molar-refractivity contribution >= 4 is 23.6 Å². The Bertz CT molecular complexity index is 482. The molecule has 0 bridgehead atoms. The number of benzene rings is 1. The van der Waals surface area contributed by atoms with E-state index in [2.05, 4.69) is 0 Å². The molecule has 1 amide bonds.